The molecule has 0 atom stereocenters. The van der Waals surface area contributed by atoms with Gasteiger partial charge in [0.15, 0.2) is 0 Å². The van der Waals surface area contributed by atoms with Crippen molar-refractivity contribution in [2.24, 2.45) is 0 Å². The van der Waals surface area contributed by atoms with Crippen molar-refractivity contribution in [2.75, 3.05) is 10.6 Å². The summed E-state index contributed by atoms with van der Waals surface area (Å²) in [6, 6.07) is 21.6. The monoisotopic (exact) mass is 420 g/mol. The highest BCUT2D eigenvalue weighted by Crippen LogP contribution is 2.25. The molecule has 0 fully saturated rings. The van der Waals surface area contributed by atoms with Crippen LogP contribution >= 0.6 is 22.7 Å². The Bertz CT molecular complexity index is 998. The van der Waals surface area contributed by atoms with Crippen LogP contribution in [0.15, 0.2) is 83.6 Å². The van der Waals surface area contributed by atoms with Gasteiger partial charge in [0.05, 0.1) is 9.75 Å². The summed E-state index contributed by atoms with van der Waals surface area (Å²) < 4.78 is 5.82. The molecule has 4 rings (SSSR count). The van der Waals surface area contributed by atoms with Crippen LogP contribution in [0.4, 0.5) is 11.4 Å². The van der Waals surface area contributed by atoms with Crippen molar-refractivity contribution < 1.29 is 14.3 Å². The van der Waals surface area contributed by atoms with Crippen molar-refractivity contribution in [3.63, 3.8) is 0 Å². The minimum Gasteiger partial charge on any atom is -0.457 e. The third kappa shape index (κ3) is 4.90. The summed E-state index contributed by atoms with van der Waals surface area (Å²) in [6.07, 6.45) is 0. The van der Waals surface area contributed by atoms with Crippen LogP contribution in [0, 0.1) is 0 Å². The van der Waals surface area contributed by atoms with Crippen molar-refractivity contribution >= 4 is 45.9 Å². The molecule has 0 bridgehead atoms. The Hall–Kier alpha value is -3.42. The van der Waals surface area contributed by atoms with Gasteiger partial charge in [-0.15, -0.1) is 22.7 Å². The van der Waals surface area contributed by atoms with Gasteiger partial charge in [0.1, 0.15) is 11.5 Å². The van der Waals surface area contributed by atoms with Gasteiger partial charge < -0.3 is 15.4 Å². The molecule has 144 valence electrons. The molecule has 0 spiro atoms. The fourth-order valence-electron chi connectivity index (χ4n) is 2.55. The van der Waals surface area contributed by atoms with E-state index in [0.717, 1.165) is 0 Å². The smallest absolute Gasteiger partial charge is 0.265 e. The van der Waals surface area contributed by atoms with Crippen molar-refractivity contribution in [2.45, 2.75) is 0 Å². The predicted octanol–water partition coefficient (Wildman–Crippen LogP) is 6.11. The molecule has 2 N–H and O–H groups in total. The molecule has 7 heteroatoms. The zero-order chi connectivity index (χ0) is 20.1. The average molecular weight is 421 g/mol. The van der Waals surface area contributed by atoms with Crippen molar-refractivity contribution in [3.05, 3.63) is 93.3 Å². The Balaban J connectivity index is 1.34. The van der Waals surface area contributed by atoms with E-state index in [1.54, 1.807) is 60.7 Å². The Morgan fingerprint density at radius 1 is 0.621 bits per heavy atom. The number of thiophene rings is 2. The molecule has 0 radical (unpaired) electrons. The van der Waals surface area contributed by atoms with E-state index in [0.29, 0.717) is 32.6 Å². The van der Waals surface area contributed by atoms with Gasteiger partial charge in [-0.05, 0) is 71.4 Å². The maximum Gasteiger partial charge on any atom is 0.265 e. The van der Waals surface area contributed by atoms with Gasteiger partial charge in [-0.3, -0.25) is 9.59 Å². The minimum atomic E-state index is -0.131. The van der Waals surface area contributed by atoms with Crippen LogP contribution in [0.2, 0.25) is 0 Å². The van der Waals surface area contributed by atoms with Gasteiger partial charge in [-0.25, -0.2) is 0 Å². The summed E-state index contributed by atoms with van der Waals surface area (Å²) in [5.41, 5.74) is 1.39. The number of benzene rings is 2. The molecule has 2 amide bonds. The summed E-state index contributed by atoms with van der Waals surface area (Å²) in [5, 5.41) is 9.43. The highest BCUT2D eigenvalue weighted by Gasteiger charge is 2.08. The number of amides is 2. The van der Waals surface area contributed by atoms with E-state index < -0.39 is 0 Å². The molecule has 29 heavy (non-hydrogen) atoms. The van der Waals surface area contributed by atoms with Crippen LogP contribution in [0.25, 0.3) is 0 Å². The van der Waals surface area contributed by atoms with Crippen LogP contribution in [0.1, 0.15) is 19.3 Å². The lowest BCUT2D eigenvalue weighted by Gasteiger charge is -2.09. The van der Waals surface area contributed by atoms with Crippen molar-refractivity contribution in [3.8, 4) is 11.5 Å². The number of hydrogen-bond acceptors (Lipinski definition) is 5. The van der Waals surface area contributed by atoms with E-state index >= 15 is 0 Å². The number of rotatable bonds is 6. The lowest BCUT2D eigenvalue weighted by Crippen LogP contribution is -2.09. The summed E-state index contributed by atoms with van der Waals surface area (Å²) in [7, 11) is 0. The highest BCUT2D eigenvalue weighted by molar-refractivity contribution is 7.12. The van der Waals surface area contributed by atoms with Crippen LogP contribution in [0.5, 0.6) is 11.5 Å². The molecule has 2 aromatic heterocycles. The third-order valence-corrected chi connectivity index (χ3v) is 5.69. The van der Waals surface area contributed by atoms with Gasteiger partial charge in [-0.1, -0.05) is 12.1 Å². The van der Waals surface area contributed by atoms with Crippen molar-refractivity contribution in [1.29, 1.82) is 0 Å². The van der Waals surface area contributed by atoms with Gasteiger partial charge in [0, 0.05) is 11.4 Å². The van der Waals surface area contributed by atoms with E-state index in [1.165, 1.54) is 22.7 Å². The van der Waals surface area contributed by atoms with Crippen LogP contribution in [0.3, 0.4) is 0 Å². The molecule has 0 unspecified atom stereocenters. The number of ether oxygens (including phenoxy) is 1. The van der Waals surface area contributed by atoms with E-state index in [9.17, 15) is 9.59 Å². The normalized spacial score (nSPS) is 10.3. The van der Waals surface area contributed by atoms with Crippen LogP contribution in [-0.4, -0.2) is 11.8 Å². The zero-order valence-electron chi connectivity index (χ0n) is 15.1. The lowest BCUT2D eigenvalue weighted by atomic mass is 10.2. The fraction of sp³-hybridized carbons (Fsp3) is 0. The first-order valence-corrected chi connectivity index (χ1v) is 10.5. The largest absolute Gasteiger partial charge is 0.457 e. The molecule has 2 aromatic carbocycles. The van der Waals surface area contributed by atoms with E-state index in [2.05, 4.69) is 10.6 Å². The maximum atomic E-state index is 12.1. The maximum absolute atomic E-state index is 12.1. The first-order chi connectivity index (χ1) is 14.2. The van der Waals surface area contributed by atoms with Gasteiger partial charge >= 0.3 is 0 Å². The summed E-state index contributed by atoms with van der Waals surface area (Å²) in [5.74, 6) is 1.03. The van der Waals surface area contributed by atoms with E-state index in [4.69, 9.17) is 4.74 Å². The van der Waals surface area contributed by atoms with E-state index in [-0.39, 0.29) is 11.8 Å². The van der Waals surface area contributed by atoms with Gasteiger partial charge in [0.25, 0.3) is 11.8 Å². The van der Waals surface area contributed by atoms with Crippen molar-refractivity contribution in [1.82, 2.24) is 0 Å². The fourth-order valence-corrected chi connectivity index (χ4v) is 3.79. The third-order valence-electron chi connectivity index (χ3n) is 3.95. The molecule has 4 aromatic rings. The molecular weight excluding hydrogens is 404 g/mol. The van der Waals surface area contributed by atoms with Crippen LogP contribution in [-0.2, 0) is 0 Å². The van der Waals surface area contributed by atoms with E-state index in [1.807, 2.05) is 22.9 Å². The first kappa shape index (κ1) is 18.9. The second-order valence-electron chi connectivity index (χ2n) is 6.01. The Morgan fingerprint density at radius 3 is 1.38 bits per heavy atom. The second-order valence-corrected chi connectivity index (χ2v) is 7.91. The Kier molecular flexibility index (Phi) is 5.69. The number of carbonyl (C=O) groups excluding carboxylic acids is 2. The molecule has 5 nitrogen and oxygen atoms in total. The molecule has 0 aliphatic carbocycles. The molecule has 0 aliphatic rings. The summed E-state index contributed by atoms with van der Waals surface area (Å²) >= 11 is 2.79. The molecule has 0 saturated carbocycles. The number of hydrogen-bond donors (Lipinski definition) is 2. The number of nitrogens with one attached hydrogen (secondary N) is 2. The number of carbonyl (C=O) groups is 2. The number of anilines is 2. The molecular formula is C22H16N2O3S2. The Labute approximate surface area is 175 Å². The SMILES string of the molecule is O=C(Nc1ccc(Oc2ccc(NC(=O)c3cccs3)cc2)cc1)c1cccs1. The minimum absolute atomic E-state index is 0.131. The standard InChI is InChI=1S/C22H16N2O3S2/c25-21(19-3-1-13-28-19)23-15-5-9-17(10-6-15)27-18-11-7-16(8-12-18)24-22(26)20-4-2-14-29-20/h1-14H,(H,23,25)(H,24,26). The summed E-state index contributed by atoms with van der Waals surface area (Å²) in [4.78, 5) is 25.5. The molecule has 0 aliphatic heterocycles. The average Bonchev–Trinajstić information content (AvgIpc) is 3.45. The first-order valence-electron chi connectivity index (χ1n) is 8.75. The van der Waals surface area contributed by atoms with Gasteiger partial charge in [-0.2, -0.15) is 0 Å². The Morgan fingerprint density at radius 2 is 1.03 bits per heavy atom. The second kappa shape index (κ2) is 8.72. The lowest BCUT2D eigenvalue weighted by molar-refractivity contribution is 0.102. The topological polar surface area (TPSA) is 67.4 Å². The van der Waals surface area contributed by atoms with Gasteiger partial charge in [0.2, 0.25) is 0 Å². The predicted molar refractivity (Wildman–Crippen MR) is 118 cm³/mol. The molecule has 2 heterocycles. The summed E-state index contributed by atoms with van der Waals surface area (Å²) in [6.45, 7) is 0. The molecule has 0 saturated heterocycles. The quantitative estimate of drug-likeness (QED) is 0.396. The highest BCUT2D eigenvalue weighted by atomic mass is 32.1. The van der Waals surface area contributed by atoms with Crippen LogP contribution < -0.4 is 15.4 Å². The zero-order valence-corrected chi connectivity index (χ0v) is 16.8.